The van der Waals surface area contributed by atoms with Crippen molar-refractivity contribution in [2.24, 2.45) is 5.92 Å². The molecule has 0 radical (unpaired) electrons. The Kier molecular flexibility index (Phi) is 5.25. The average Bonchev–Trinajstić information content (AvgIpc) is 2.90. The maximum absolute atomic E-state index is 3.48. The summed E-state index contributed by atoms with van der Waals surface area (Å²) in [5.41, 5.74) is 1.55. The van der Waals surface area contributed by atoms with Gasteiger partial charge in [-0.25, -0.2) is 0 Å². The molecular formula is C18H28N2S. The number of benzene rings is 1. The maximum atomic E-state index is 3.48. The number of thioether (sulfide) groups is 1. The molecule has 2 aliphatic heterocycles. The zero-order valence-electron chi connectivity index (χ0n) is 13.3. The van der Waals surface area contributed by atoms with Gasteiger partial charge >= 0.3 is 0 Å². The lowest BCUT2D eigenvalue weighted by molar-refractivity contribution is 0.170. The van der Waals surface area contributed by atoms with Crippen molar-refractivity contribution in [2.45, 2.75) is 49.3 Å². The summed E-state index contributed by atoms with van der Waals surface area (Å²) in [6, 6.07) is 9.59. The van der Waals surface area contributed by atoms with Gasteiger partial charge in [-0.2, -0.15) is 0 Å². The van der Waals surface area contributed by atoms with Crippen LogP contribution in [0.1, 0.15) is 32.3 Å². The molecule has 116 valence electrons. The minimum Gasteiger partial charge on any atom is -0.317 e. The Hall–Kier alpha value is -0.510. The number of rotatable bonds is 5. The largest absolute Gasteiger partial charge is 0.317 e. The first-order valence-corrected chi connectivity index (χ1v) is 9.29. The zero-order chi connectivity index (χ0) is 14.7. The molecule has 0 aliphatic carbocycles. The van der Waals surface area contributed by atoms with Gasteiger partial charge in [0.2, 0.25) is 0 Å². The lowest BCUT2D eigenvalue weighted by Gasteiger charge is -2.34. The predicted octanol–water partition coefficient (Wildman–Crippen LogP) is 3.41. The molecule has 2 nitrogen and oxygen atoms in total. The van der Waals surface area contributed by atoms with Crippen molar-refractivity contribution in [3.63, 3.8) is 0 Å². The fraction of sp³-hybridized carbons (Fsp3) is 0.667. The first-order valence-electron chi connectivity index (χ1n) is 8.41. The summed E-state index contributed by atoms with van der Waals surface area (Å²) in [5.74, 6) is 0.891. The summed E-state index contributed by atoms with van der Waals surface area (Å²) in [6.07, 6.45) is 3.94. The highest BCUT2D eigenvalue weighted by atomic mass is 32.2. The monoisotopic (exact) mass is 304 g/mol. The van der Waals surface area contributed by atoms with Gasteiger partial charge < -0.3 is 5.32 Å². The fourth-order valence-electron chi connectivity index (χ4n) is 3.51. The molecule has 2 aliphatic rings. The van der Waals surface area contributed by atoms with Crippen molar-refractivity contribution in [1.82, 2.24) is 10.2 Å². The third-order valence-corrected chi connectivity index (χ3v) is 6.13. The third-order valence-electron chi connectivity index (χ3n) is 4.83. The lowest BCUT2D eigenvalue weighted by atomic mass is 9.97. The summed E-state index contributed by atoms with van der Waals surface area (Å²) in [5, 5.41) is 4.22. The summed E-state index contributed by atoms with van der Waals surface area (Å²) >= 11 is 2.09. The second-order valence-electron chi connectivity index (χ2n) is 6.79. The molecule has 21 heavy (non-hydrogen) atoms. The first-order chi connectivity index (χ1) is 10.2. The molecule has 0 saturated carbocycles. The van der Waals surface area contributed by atoms with Crippen molar-refractivity contribution >= 4 is 11.8 Å². The lowest BCUT2D eigenvalue weighted by Crippen LogP contribution is -2.42. The van der Waals surface area contributed by atoms with Crippen molar-refractivity contribution in [3.05, 3.63) is 29.8 Å². The van der Waals surface area contributed by atoms with E-state index in [1.807, 2.05) is 0 Å². The van der Waals surface area contributed by atoms with Crippen LogP contribution in [0.15, 0.2) is 29.2 Å². The van der Waals surface area contributed by atoms with Crippen LogP contribution >= 0.6 is 11.8 Å². The van der Waals surface area contributed by atoms with Crippen molar-refractivity contribution in [3.8, 4) is 0 Å². The van der Waals surface area contributed by atoms with Crippen LogP contribution in [-0.4, -0.2) is 42.4 Å². The quantitative estimate of drug-likeness (QED) is 0.897. The van der Waals surface area contributed by atoms with E-state index in [-0.39, 0.29) is 0 Å². The van der Waals surface area contributed by atoms with Gasteiger partial charge in [0.1, 0.15) is 0 Å². The Morgan fingerprint density at radius 3 is 2.67 bits per heavy atom. The Bertz CT molecular complexity index is 429. The summed E-state index contributed by atoms with van der Waals surface area (Å²) < 4.78 is 0. The van der Waals surface area contributed by atoms with E-state index in [0.29, 0.717) is 6.04 Å². The van der Waals surface area contributed by atoms with Crippen LogP contribution in [0.3, 0.4) is 0 Å². The molecule has 0 spiro atoms. The number of nitrogens with one attached hydrogen (secondary N) is 1. The van der Waals surface area contributed by atoms with Gasteiger partial charge in [-0.3, -0.25) is 4.90 Å². The molecule has 1 fully saturated rings. The van der Waals surface area contributed by atoms with E-state index >= 15 is 0 Å². The van der Waals surface area contributed by atoms with Crippen LogP contribution in [0.25, 0.3) is 0 Å². The van der Waals surface area contributed by atoms with Crippen LogP contribution in [0, 0.1) is 5.92 Å². The van der Waals surface area contributed by atoms with E-state index in [4.69, 9.17) is 0 Å². The van der Waals surface area contributed by atoms with Crippen molar-refractivity contribution < 1.29 is 0 Å². The topological polar surface area (TPSA) is 15.3 Å². The van der Waals surface area contributed by atoms with Crippen LogP contribution in [0.5, 0.6) is 0 Å². The average molecular weight is 305 g/mol. The Balaban J connectivity index is 1.56. The maximum Gasteiger partial charge on any atom is 0.0263 e. The van der Waals surface area contributed by atoms with Crippen LogP contribution in [0.2, 0.25) is 0 Å². The number of hydrogen-bond acceptors (Lipinski definition) is 3. The van der Waals surface area contributed by atoms with Crippen LogP contribution in [-0.2, 0) is 6.42 Å². The zero-order valence-corrected chi connectivity index (χ0v) is 14.2. The second-order valence-corrected chi connectivity index (χ2v) is 8.13. The minimum absolute atomic E-state index is 0.657. The van der Waals surface area contributed by atoms with E-state index in [0.717, 1.165) is 11.2 Å². The molecule has 3 heteroatoms. The predicted molar refractivity (Wildman–Crippen MR) is 92.1 cm³/mol. The van der Waals surface area contributed by atoms with E-state index in [9.17, 15) is 0 Å². The fourth-order valence-corrected chi connectivity index (χ4v) is 4.86. The highest BCUT2D eigenvalue weighted by Gasteiger charge is 2.26. The molecule has 0 amide bonds. The molecule has 3 rings (SSSR count). The first kappa shape index (κ1) is 15.4. The number of fused-ring (bicyclic) bond motifs is 1. The number of piperidine rings is 1. The molecule has 1 aromatic carbocycles. The molecule has 1 unspecified atom stereocenters. The Labute approximate surface area is 133 Å². The number of nitrogens with zero attached hydrogens (tertiary/aromatic N) is 1. The molecular weight excluding hydrogens is 276 g/mol. The van der Waals surface area contributed by atoms with Gasteiger partial charge in [0.25, 0.3) is 0 Å². The summed E-state index contributed by atoms with van der Waals surface area (Å²) in [4.78, 5) is 4.23. The molecule has 1 N–H and O–H groups in total. The Morgan fingerprint density at radius 2 is 1.95 bits per heavy atom. The van der Waals surface area contributed by atoms with Crippen molar-refractivity contribution in [2.75, 3.05) is 26.2 Å². The van der Waals surface area contributed by atoms with E-state index < -0.39 is 0 Å². The van der Waals surface area contributed by atoms with Gasteiger partial charge in [0.15, 0.2) is 0 Å². The van der Waals surface area contributed by atoms with Gasteiger partial charge in [-0.05, 0) is 63.7 Å². The highest BCUT2D eigenvalue weighted by molar-refractivity contribution is 8.00. The molecule has 0 aromatic heterocycles. The van der Waals surface area contributed by atoms with Gasteiger partial charge in [-0.15, -0.1) is 11.8 Å². The summed E-state index contributed by atoms with van der Waals surface area (Å²) in [7, 11) is 0. The smallest absolute Gasteiger partial charge is 0.0263 e. The van der Waals surface area contributed by atoms with Crippen LogP contribution < -0.4 is 5.32 Å². The van der Waals surface area contributed by atoms with E-state index in [1.165, 1.54) is 50.3 Å². The Morgan fingerprint density at radius 1 is 1.19 bits per heavy atom. The van der Waals surface area contributed by atoms with E-state index in [1.54, 1.807) is 5.56 Å². The molecule has 0 bridgehead atoms. The normalized spacial score (nSPS) is 23.0. The molecule has 1 aromatic rings. The summed E-state index contributed by atoms with van der Waals surface area (Å²) in [6.45, 7) is 9.65. The second kappa shape index (κ2) is 7.17. The highest BCUT2D eigenvalue weighted by Crippen LogP contribution is 2.37. The van der Waals surface area contributed by atoms with E-state index in [2.05, 4.69) is 60.1 Å². The van der Waals surface area contributed by atoms with Gasteiger partial charge in [-0.1, -0.05) is 18.2 Å². The third kappa shape index (κ3) is 4.02. The minimum atomic E-state index is 0.657. The van der Waals surface area contributed by atoms with Gasteiger partial charge in [0.05, 0.1) is 0 Å². The molecule has 2 heterocycles. The van der Waals surface area contributed by atoms with Crippen LogP contribution in [0.4, 0.5) is 0 Å². The SMILES string of the molecule is CC(C)N(CC1CCNCC1)CC1Cc2ccccc2S1. The standard InChI is InChI=1S/C18H28N2S/c1-14(2)20(12-15-7-9-19-10-8-15)13-17-11-16-5-3-4-6-18(16)21-17/h3-6,14-15,17,19H,7-13H2,1-2H3. The molecule has 1 saturated heterocycles. The van der Waals surface area contributed by atoms with Crippen molar-refractivity contribution in [1.29, 1.82) is 0 Å². The number of hydrogen-bond donors (Lipinski definition) is 1. The molecule has 1 atom stereocenters. The van der Waals surface area contributed by atoms with Gasteiger partial charge in [0, 0.05) is 29.3 Å².